The zero-order chi connectivity index (χ0) is 18.1. The van der Waals surface area contributed by atoms with Crippen molar-refractivity contribution in [2.45, 2.75) is 32.8 Å². The molecule has 0 bridgehead atoms. The number of amides is 1. The Hall–Kier alpha value is -1.95. The first-order chi connectivity index (χ1) is 12.1. The lowest BCUT2D eigenvalue weighted by atomic mass is 10.3. The minimum Gasteiger partial charge on any atom is -0.487 e. The number of guanidine groups is 1. The molecular weight excluding hydrogens is 340 g/mol. The maximum atomic E-state index is 11.6. The van der Waals surface area contributed by atoms with E-state index in [1.165, 1.54) is 0 Å². The van der Waals surface area contributed by atoms with E-state index in [1.807, 2.05) is 32.0 Å². The molecule has 0 heterocycles. The van der Waals surface area contributed by atoms with Crippen LogP contribution in [0.5, 0.6) is 5.75 Å². The highest BCUT2D eigenvalue weighted by Crippen LogP contribution is 2.28. The van der Waals surface area contributed by atoms with Crippen LogP contribution in [0.25, 0.3) is 0 Å². The number of carbonyl (C=O) groups excluding carboxylic acids is 1. The van der Waals surface area contributed by atoms with Crippen molar-refractivity contribution in [3.8, 4) is 5.75 Å². The van der Waals surface area contributed by atoms with E-state index in [1.54, 1.807) is 6.07 Å². The number of carbonyl (C=O) groups is 1. The summed E-state index contributed by atoms with van der Waals surface area (Å²) < 4.78 is 5.81. The quantitative estimate of drug-likeness (QED) is 0.356. The van der Waals surface area contributed by atoms with Crippen LogP contribution >= 0.6 is 11.6 Å². The second-order valence-electron chi connectivity index (χ2n) is 6.07. The van der Waals surface area contributed by atoms with Gasteiger partial charge in [-0.2, -0.15) is 0 Å². The van der Waals surface area contributed by atoms with Crippen LogP contribution in [0, 0.1) is 5.92 Å². The first-order valence-corrected chi connectivity index (χ1v) is 9.19. The van der Waals surface area contributed by atoms with Crippen LogP contribution in [0.4, 0.5) is 0 Å². The molecule has 138 valence electrons. The third-order valence-corrected chi connectivity index (χ3v) is 3.99. The molecule has 6 nitrogen and oxygen atoms in total. The molecule has 1 aromatic rings. The van der Waals surface area contributed by atoms with Crippen molar-refractivity contribution in [2.24, 2.45) is 10.9 Å². The summed E-state index contributed by atoms with van der Waals surface area (Å²) in [6.07, 6.45) is 1.93. The topological polar surface area (TPSA) is 74.8 Å². The monoisotopic (exact) mass is 366 g/mol. The molecule has 3 N–H and O–H groups in total. The molecule has 2 rings (SSSR count). The number of hydrogen-bond donors (Lipinski definition) is 3. The number of aliphatic imine (C=N–C) groups is 1. The standard InChI is InChI=1S/C18H27ClN4O2/c1-3-20-18(22-11-10-21-17(24)14-8-9-14)23-12-13(2)25-16-7-5-4-6-15(16)19/h4-7,13-14H,3,8-12H2,1-2H3,(H,21,24)(H2,20,22,23). The number of para-hydroxylation sites is 1. The molecule has 7 heteroatoms. The highest BCUT2D eigenvalue weighted by atomic mass is 35.5. The molecule has 0 radical (unpaired) electrons. The van der Waals surface area contributed by atoms with Crippen molar-refractivity contribution in [2.75, 3.05) is 26.2 Å². The van der Waals surface area contributed by atoms with E-state index in [-0.39, 0.29) is 17.9 Å². The fourth-order valence-corrected chi connectivity index (χ4v) is 2.39. The summed E-state index contributed by atoms with van der Waals surface area (Å²) in [5.74, 6) is 1.76. The van der Waals surface area contributed by atoms with Crippen LogP contribution in [0.1, 0.15) is 26.7 Å². The maximum absolute atomic E-state index is 11.6. The predicted octanol–water partition coefficient (Wildman–Crippen LogP) is 2.19. The summed E-state index contributed by atoms with van der Waals surface area (Å²) in [5.41, 5.74) is 0. The lowest BCUT2D eigenvalue weighted by molar-refractivity contribution is -0.122. The molecule has 1 fully saturated rings. The van der Waals surface area contributed by atoms with E-state index >= 15 is 0 Å². The zero-order valence-electron chi connectivity index (χ0n) is 14.8. The van der Waals surface area contributed by atoms with Crippen LogP contribution in [0.2, 0.25) is 5.02 Å². The number of hydrogen-bond acceptors (Lipinski definition) is 3. The summed E-state index contributed by atoms with van der Waals surface area (Å²) in [6.45, 7) is 6.44. The molecule has 0 aromatic heterocycles. The molecule has 1 aliphatic rings. The normalized spacial score (nSPS) is 15.4. The van der Waals surface area contributed by atoms with Gasteiger partial charge in [0.25, 0.3) is 0 Å². The highest BCUT2D eigenvalue weighted by molar-refractivity contribution is 6.32. The van der Waals surface area contributed by atoms with Gasteiger partial charge >= 0.3 is 0 Å². The van der Waals surface area contributed by atoms with Crippen molar-refractivity contribution < 1.29 is 9.53 Å². The molecule has 0 spiro atoms. The molecule has 0 saturated heterocycles. The van der Waals surface area contributed by atoms with Gasteiger partial charge < -0.3 is 20.7 Å². The second kappa shape index (κ2) is 10.1. The third kappa shape index (κ3) is 7.22. The number of benzene rings is 1. The lowest BCUT2D eigenvalue weighted by Crippen LogP contribution is -2.42. The second-order valence-corrected chi connectivity index (χ2v) is 6.48. The van der Waals surface area contributed by atoms with Gasteiger partial charge in [-0.15, -0.1) is 0 Å². The largest absolute Gasteiger partial charge is 0.487 e. The van der Waals surface area contributed by atoms with Gasteiger partial charge in [-0.25, -0.2) is 4.99 Å². The SMILES string of the molecule is CCNC(=NCC(C)Oc1ccccc1Cl)NCCNC(=O)C1CC1. The Bertz CT molecular complexity index is 590. The molecule has 0 aliphatic heterocycles. The Morgan fingerprint density at radius 2 is 2.00 bits per heavy atom. The van der Waals surface area contributed by atoms with E-state index in [0.29, 0.717) is 36.4 Å². The molecule has 1 amide bonds. The summed E-state index contributed by atoms with van der Waals surface area (Å²) in [7, 11) is 0. The molecule has 25 heavy (non-hydrogen) atoms. The lowest BCUT2D eigenvalue weighted by Gasteiger charge is -2.16. The van der Waals surface area contributed by atoms with Gasteiger partial charge in [-0.1, -0.05) is 23.7 Å². The number of ether oxygens (including phenoxy) is 1. The summed E-state index contributed by atoms with van der Waals surface area (Å²) in [5, 5.41) is 9.90. The highest BCUT2D eigenvalue weighted by Gasteiger charge is 2.28. The Balaban J connectivity index is 1.73. The van der Waals surface area contributed by atoms with Gasteiger partial charge in [0.2, 0.25) is 5.91 Å². The molecule has 1 atom stereocenters. The Kier molecular flexibility index (Phi) is 7.85. The first kappa shape index (κ1) is 19.4. The minimum absolute atomic E-state index is 0.107. The van der Waals surface area contributed by atoms with E-state index in [4.69, 9.17) is 16.3 Å². The van der Waals surface area contributed by atoms with Crippen molar-refractivity contribution in [3.05, 3.63) is 29.3 Å². The van der Waals surface area contributed by atoms with Crippen molar-refractivity contribution in [1.29, 1.82) is 0 Å². The fraction of sp³-hybridized carbons (Fsp3) is 0.556. The van der Waals surface area contributed by atoms with Gasteiger partial charge in [-0.3, -0.25) is 4.79 Å². The van der Waals surface area contributed by atoms with Crippen molar-refractivity contribution in [3.63, 3.8) is 0 Å². The smallest absolute Gasteiger partial charge is 0.223 e. The number of halogens is 1. The number of nitrogens with one attached hydrogen (secondary N) is 3. The van der Waals surface area contributed by atoms with Crippen LogP contribution in [-0.2, 0) is 4.79 Å². The molecule has 1 aliphatic carbocycles. The van der Waals surface area contributed by atoms with Crippen molar-refractivity contribution in [1.82, 2.24) is 16.0 Å². The van der Waals surface area contributed by atoms with Gasteiger partial charge in [-0.05, 0) is 38.8 Å². The van der Waals surface area contributed by atoms with Crippen LogP contribution < -0.4 is 20.7 Å². The van der Waals surface area contributed by atoms with Crippen molar-refractivity contribution >= 4 is 23.5 Å². The van der Waals surface area contributed by atoms with Gasteiger partial charge in [0.15, 0.2) is 5.96 Å². The van der Waals surface area contributed by atoms with Gasteiger partial charge in [0.1, 0.15) is 11.9 Å². The maximum Gasteiger partial charge on any atom is 0.223 e. The Morgan fingerprint density at radius 3 is 2.68 bits per heavy atom. The predicted molar refractivity (Wildman–Crippen MR) is 101 cm³/mol. The third-order valence-electron chi connectivity index (χ3n) is 3.68. The van der Waals surface area contributed by atoms with E-state index in [2.05, 4.69) is 20.9 Å². The molecule has 1 saturated carbocycles. The first-order valence-electron chi connectivity index (χ1n) is 8.81. The van der Waals surface area contributed by atoms with E-state index in [0.717, 1.165) is 19.4 Å². The summed E-state index contributed by atoms with van der Waals surface area (Å²) in [6, 6.07) is 7.40. The van der Waals surface area contributed by atoms with Crippen LogP contribution in [-0.4, -0.2) is 44.1 Å². The van der Waals surface area contributed by atoms with Crippen LogP contribution in [0.3, 0.4) is 0 Å². The molecular formula is C18H27ClN4O2. The average Bonchev–Trinajstić information content (AvgIpc) is 3.43. The fourth-order valence-electron chi connectivity index (χ4n) is 2.21. The molecule has 1 unspecified atom stereocenters. The minimum atomic E-state index is -0.107. The van der Waals surface area contributed by atoms with Crippen LogP contribution in [0.15, 0.2) is 29.3 Å². The van der Waals surface area contributed by atoms with E-state index in [9.17, 15) is 4.79 Å². The summed E-state index contributed by atoms with van der Waals surface area (Å²) >= 11 is 6.10. The Morgan fingerprint density at radius 1 is 1.28 bits per heavy atom. The van der Waals surface area contributed by atoms with Gasteiger partial charge in [0, 0.05) is 25.6 Å². The Labute approximate surface area is 154 Å². The number of nitrogens with zero attached hydrogens (tertiary/aromatic N) is 1. The summed E-state index contributed by atoms with van der Waals surface area (Å²) in [4.78, 5) is 16.1. The zero-order valence-corrected chi connectivity index (χ0v) is 15.6. The van der Waals surface area contributed by atoms with E-state index < -0.39 is 0 Å². The average molecular weight is 367 g/mol. The van der Waals surface area contributed by atoms with Gasteiger partial charge in [0.05, 0.1) is 11.6 Å². The molecule has 1 aromatic carbocycles. The number of rotatable bonds is 9.